The number of rotatable bonds is 2. The van der Waals surface area contributed by atoms with Crippen LogP contribution >= 0.6 is 15.9 Å². The molecule has 0 spiro atoms. The molecule has 1 heterocycles. The van der Waals surface area contributed by atoms with Gasteiger partial charge in [-0.15, -0.1) is 0 Å². The van der Waals surface area contributed by atoms with Crippen LogP contribution in [0.4, 0.5) is 4.39 Å². The summed E-state index contributed by atoms with van der Waals surface area (Å²) in [5, 5.41) is 0. The Morgan fingerprint density at radius 1 is 1.45 bits per heavy atom. The standard InChI is InChI=1S/C15H20BrFN2O/c1-3-11-10-18(2)8-5-9-19(11)15(20)12-6-4-7-13(16)14(12)17/h4,6-7,11H,3,5,8-10H2,1-2H3. The van der Waals surface area contributed by atoms with E-state index < -0.39 is 5.82 Å². The first-order valence-electron chi connectivity index (χ1n) is 6.98. The highest BCUT2D eigenvalue weighted by Gasteiger charge is 2.28. The number of halogens is 2. The first-order chi connectivity index (χ1) is 9.54. The van der Waals surface area contributed by atoms with Gasteiger partial charge in [0.25, 0.3) is 5.91 Å². The van der Waals surface area contributed by atoms with E-state index in [1.165, 1.54) is 0 Å². The van der Waals surface area contributed by atoms with Crippen molar-refractivity contribution in [3.8, 4) is 0 Å². The molecule has 2 rings (SSSR count). The highest BCUT2D eigenvalue weighted by atomic mass is 79.9. The molecule has 0 radical (unpaired) electrons. The van der Waals surface area contributed by atoms with Gasteiger partial charge in [0, 0.05) is 19.1 Å². The number of carbonyl (C=O) groups is 1. The van der Waals surface area contributed by atoms with Gasteiger partial charge in [-0.3, -0.25) is 4.79 Å². The number of nitrogens with zero attached hydrogens (tertiary/aromatic N) is 2. The van der Waals surface area contributed by atoms with Gasteiger partial charge < -0.3 is 9.80 Å². The molecule has 0 aromatic heterocycles. The molecule has 0 aliphatic carbocycles. The lowest BCUT2D eigenvalue weighted by Crippen LogP contribution is -2.43. The first-order valence-corrected chi connectivity index (χ1v) is 7.77. The van der Waals surface area contributed by atoms with Gasteiger partial charge in [0.1, 0.15) is 5.82 Å². The lowest BCUT2D eigenvalue weighted by molar-refractivity contribution is 0.0671. The van der Waals surface area contributed by atoms with Crippen molar-refractivity contribution in [3.63, 3.8) is 0 Å². The highest BCUT2D eigenvalue weighted by molar-refractivity contribution is 9.10. The zero-order valence-electron chi connectivity index (χ0n) is 11.9. The summed E-state index contributed by atoms with van der Waals surface area (Å²) in [5.41, 5.74) is 0.155. The fourth-order valence-electron chi connectivity index (χ4n) is 2.68. The van der Waals surface area contributed by atoms with Crippen molar-refractivity contribution < 1.29 is 9.18 Å². The number of likely N-dealkylation sites (N-methyl/N-ethyl adjacent to an activating group) is 1. The summed E-state index contributed by atoms with van der Waals surface area (Å²) in [6.07, 6.45) is 1.81. The van der Waals surface area contributed by atoms with Crippen LogP contribution in [0, 0.1) is 5.82 Å². The maximum absolute atomic E-state index is 14.1. The van der Waals surface area contributed by atoms with Crippen LogP contribution in [-0.4, -0.2) is 48.4 Å². The molecular weight excluding hydrogens is 323 g/mol. The Balaban J connectivity index is 2.28. The monoisotopic (exact) mass is 342 g/mol. The SMILES string of the molecule is CCC1CN(C)CCCN1C(=O)c1cccc(Br)c1F. The topological polar surface area (TPSA) is 23.6 Å². The molecule has 0 saturated carbocycles. The molecule has 20 heavy (non-hydrogen) atoms. The van der Waals surface area contributed by atoms with E-state index >= 15 is 0 Å². The van der Waals surface area contributed by atoms with Crippen LogP contribution < -0.4 is 0 Å². The van der Waals surface area contributed by atoms with E-state index in [-0.39, 0.29) is 17.5 Å². The van der Waals surface area contributed by atoms with Crippen molar-refractivity contribution in [2.75, 3.05) is 26.7 Å². The third-order valence-corrected chi connectivity index (χ3v) is 4.43. The predicted molar refractivity (Wildman–Crippen MR) is 81.3 cm³/mol. The molecule has 110 valence electrons. The van der Waals surface area contributed by atoms with Crippen LogP contribution in [0.3, 0.4) is 0 Å². The Bertz CT molecular complexity index is 495. The first kappa shape index (κ1) is 15.4. The minimum atomic E-state index is -0.468. The van der Waals surface area contributed by atoms with Gasteiger partial charge in [0.05, 0.1) is 10.0 Å². The highest BCUT2D eigenvalue weighted by Crippen LogP contribution is 2.22. The smallest absolute Gasteiger partial charge is 0.257 e. The molecule has 3 nitrogen and oxygen atoms in total. The van der Waals surface area contributed by atoms with E-state index in [0.29, 0.717) is 11.0 Å². The summed E-state index contributed by atoms with van der Waals surface area (Å²) in [6.45, 7) is 4.58. The lowest BCUT2D eigenvalue weighted by Gasteiger charge is -2.30. The summed E-state index contributed by atoms with van der Waals surface area (Å²) in [4.78, 5) is 16.7. The third-order valence-electron chi connectivity index (χ3n) is 3.82. The van der Waals surface area contributed by atoms with Gasteiger partial charge in [-0.1, -0.05) is 13.0 Å². The summed E-state index contributed by atoms with van der Waals surface area (Å²) in [5.74, 6) is -0.670. The Kier molecular flexibility index (Phi) is 5.16. The quantitative estimate of drug-likeness (QED) is 0.824. The van der Waals surface area contributed by atoms with E-state index in [2.05, 4.69) is 34.8 Å². The number of hydrogen-bond acceptors (Lipinski definition) is 2. The second kappa shape index (κ2) is 6.68. The summed E-state index contributed by atoms with van der Waals surface area (Å²) < 4.78 is 14.4. The number of benzene rings is 1. The average Bonchev–Trinajstić information content (AvgIpc) is 2.62. The van der Waals surface area contributed by atoms with Gasteiger partial charge in [-0.25, -0.2) is 4.39 Å². The van der Waals surface area contributed by atoms with Crippen LogP contribution in [0.1, 0.15) is 30.1 Å². The molecule has 1 aromatic carbocycles. The van der Waals surface area contributed by atoms with E-state index in [4.69, 9.17) is 0 Å². The molecule has 0 bridgehead atoms. The molecule has 1 aromatic rings. The van der Waals surface area contributed by atoms with Crippen molar-refractivity contribution in [3.05, 3.63) is 34.1 Å². The normalized spacial score (nSPS) is 20.8. The zero-order valence-corrected chi connectivity index (χ0v) is 13.5. The average molecular weight is 343 g/mol. The van der Waals surface area contributed by atoms with Crippen LogP contribution in [0.15, 0.2) is 22.7 Å². The van der Waals surface area contributed by atoms with Gasteiger partial charge >= 0.3 is 0 Å². The lowest BCUT2D eigenvalue weighted by atomic mass is 10.1. The molecule has 1 saturated heterocycles. The van der Waals surface area contributed by atoms with Gasteiger partial charge in [-0.2, -0.15) is 0 Å². The predicted octanol–water partition coefficient (Wildman–Crippen LogP) is 3.14. The van der Waals surface area contributed by atoms with Crippen molar-refractivity contribution in [1.29, 1.82) is 0 Å². The number of amides is 1. The van der Waals surface area contributed by atoms with E-state index in [9.17, 15) is 9.18 Å². The minimum absolute atomic E-state index is 0.147. The van der Waals surface area contributed by atoms with Crippen molar-refractivity contribution in [1.82, 2.24) is 9.80 Å². The zero-order chi connectivity index (χ0) is 14.7. The summed E-state index contributed by atoms with van der Waals surface area (Å²) in [7, 11) is 2.07. The fourth-order valence-corrected chi connectivity index (χ4v) is 3.05. The molecule has 1 amide bonds. The van der Waals surface area contributed by atoms with Crippen molar-refractivity contribution in [2.45, 2.75) is 25.8 Å². The van der Waals surface area contributed by atoms with Gasteiger partial charge in [0.15, 0.2) is 0 Å². The fraction of sp³-hybridized carbons (Fsp3) is 0.533. The van der Waals surface area contributed by atoms with Crippen LogP contribution in [0.2, 0.25) is 0 Å². The molecule has 5 heteroatoms. The van der Waals surface area contributed by atoms with Crippen molar-refractivity contribution >= 4 is 21.8 Å². The third kappa shape index (κ3) is 3.20. The molecule has 1 aliphatic rings. The number of hydrogen-bond donors (Lipinski definition) is 0. The van der Waals surface area contributed by atoms with Gasteiger partial charge in [-0.05, 0) is 54.5 Å². The molecule has 0 N–H and O–H groups in total. The second-order valence-corrected chi connectivity index (χ2v) is 6.13. The minimum Gasteiger partial charge on any atom is -0.334 e. The molecule has 1 unspecified atom stereocenters. The maximum Gasteiger partial charge on any atom is 0.257 e. The van der Waals surface area contributed by atoms with Crippen molar-refractivity contribution in [2.24, 2.45) is 0 Å². The number of carbonyl (C=O) groups excluding carboxylic acids is 1. The largest absolute Gasteiger partial charge is 0.334 e. The molecule has 1 atom stereocenters. The Hall–Kier alpha value is -0.940. The Labute approximate surface area is 127 Å². The van der Waals surface area contributed by atoms with Crippen LogP contribution in [0.5, 0.6) is 0 Å². The van der Waals surface area contributed by atoms with E-state index in [0.717, 1.165) is 25.9 Å². The maximum atomic E-state index is 14.1. The van der Waals surface area contributed by atoms with E-state index in [1.807, 2.05) is 4.90 Å². The molecular formula is C15H20BrFN2O. The Morgan fingerprint density at radius 3 is 2.90 bits per heavy atom. The summed E-state index contributed by atoms with van der Waals surface area (Å²) >= 11 is 3.14. The Morgan fingerprint density at radius 2 is 2.20 bits per heavy atom. The van der Waals surface area contributed by atoms with Crippen LogP contribution in [0.25, 0.3) is 0 Å². The molecule has 1 aliphatic heterocycles. The second-order valence-electron chi connectivity index (χ2n) is 5.28. The van der Waals surface area contributed by atoms with Crippen LogP contribution in [-0.2, 0) is 0 Å². The summed E-state index contributed by atoms with van der Waals surface area (Å²) in [6, 6.07) is 5.02. The molecule has 1 fully saturated rings. The van der Waals surface area contributed by atoms with Gasteiger partial charge in [0.2, 0.25) is 0 Å². The van der Waals surface area contributed by atoms with E-state index in [1.54, 1.807) is 18.2 Å².